The Kier molecular flexibility index (Phi) is 8.09. The van der Waals surface area contributed by atoms with Crippen LogP contribution in [-0.2, 0) is 9.53 Å². The number of hydrogen-bond donors (Lipinski definition) is 1. The number of hydrogen-bond acceptors (Lipinski definition) is 9. The van der Waals surface area contributed by atoms with Crippen LogP contribution < -0.4 is 15.1 Å². The van der Waals surface area contributed by atoms with Gasteiger partial charge in [-0.3, -0.25) is 4.79 Å². The Hall–Kier alpha value is -4.35. The van der Waals surface area contributed by atoms with Gasteiger partial charge in [0.15, 0.2) is 0 Å². The third-order valence-corrected chi connectivity index (χ3v) is 7.04. The molecule has 39 heavy (non-hydrogen) atoms. The zero-order chi connectivity index (χ0) is 27.2. The second-order valence-electron chi connectivity index (χ2n) is 9.58. The lowest BCUT2D eigenvalue weighted by molar-refractivity contribution is -0.128. The first-order valence-electron chi connectivity index (χ1n) is 13.4. The zero-order valence-corrected chi connectivity index (χ0v) is 22.5. The molecule has 206 valence electrons. The monoisotopic (exact) mass is 533 g/mol. The molecule has 4 heterocycles. The molecular formula is C27H35N9O3. The highest BCUT2D eigenvalue weighted by Crippen LogP contribution is 2.22. The molecule has 0 spiro atoms. The van der Waals surface area contributed by atoms with Gasteiger partial charge in [0.1, 0.15) is 12.1 Å². The molecule has 0 atom stereocenters. The van der Waals surface area contributed by atoms with E-state index in [-0.39, 0.29) is 12.0 Å². The van der Waals surface area contributed by atoms with Gasteiger partial charge in [-0.15, -0.1) is 5.10 Å². The van der Waals surface area contributed by atoms with Crippen LogP contribution in [0.5, 0.6) is 0 Å². The number of benzene rings is 1. The van der Waals surface area contributed by atoms with Gasteiger partial charge in [-0.2, -0.15) is 4.98 Å². The number of ether oxygens (including phenoxy) is 1. The van der Waals surface area contributed by atoms with E-state index in [1.54, 1.807) is 29.0 Å². The van der Waals surface area contributed by atoms with Crippen LogP contribution in [0.15, 0.2) is 48.9 Å². The molecule has 0 unspecified atom stereocenters. The van der Waals surface area contributed by atoms with Crippen molar-refractivity contribution in [2.75, 3.05) is 74.1 Å². The summed E-state index contributed by atoms with van der Waals surface area (Å²) < 4.78 is 6.83. The summed E-state index contributed by atoms with van der Waals surface area (Å²) in [4.78, 5) is 40.8. The summed E-state index contributed by atoms with van der Waals surface area (Å²) in [6.45, 7) is 9.71. The third kappa shape index (κ3) is 6.39. The highest BCUT2D eigenvalue weighted by Gasteiger charge is 2.22. The third-order valence-electron chi connectivity index (χ3n) is 7.04. The van der Waals surface area contributed by atoms with E-state index in [9.17, 15) is 9.59 Å². The highest BCUT2D eigenvalue weighted by molar-refractivity contribution is 5.73. The van der Waals surface area contributed by atoms with Crippen molar-refractivity contribution in [3.63, 3.8) is 0 Å². The molecule has 2 aliphatic rings. The number of anilines is 4. The lowest BCUT2D eigenvalue weighted by Gasteiger charge is -2.35. The number of piperazine rings is 1. The minimum absolute atomic E-state index is 0.115. The fourth-order valence-corrected chi connectivity index (χ4v) is 4.88. The number of carbonyl (C=O) groups is 2. The van der Waals surface area contributed by atoms with Crippen molar-refractivity contribution in [1.82, 2.24) is 29.5 Å². The summed E-state index contributed by atoms with van der Waals surface area (Å²) in [5.41, 5.74) is 2.86. The van der Waals surface area contributed by atoms with Crippen molar-refractivity contribution in [2.45, 2.75) is 20.3 Å². The average Bonchev–Trinajstić information content (AvgIpc) is 3.28. The second kappa shape index (κ2) is 12.0. The van der Waals surface area contributed by atoms with E-state index in [0.717, 1.165) is 62.0 Å². The first kappa shape index (κ1) is 26.3. The predicted molar refractivity (Wildman–Crippen MR) is 149 cm³/mol. The minimum atomic E-state index is -0.241. The number of pyridine rings is 1. The summed E-state index contributed by atoms with van der Waals surface area (Å²) in [6, 6.07) is 12.0. The van der Waals surface area contributed by atoms with E-state index in [1.807, 2.05) is 36.1 Å². The Morgan fingerprint density at radius 2 is 1.62 bits per heavy atom. The summed E-state index contributed by atoms with van der Waals surface area (Å²) in [7, 11) is 0. The Morgan fingerprint density at radius 3 is 2.36 bits per heavy atom. The largest absolute Gasteiger partial charge is 0.450 e. The van der Waals surface area contributed by atoms with Gasteiger partial charge in [-0.1, -0.05) is 0 Å². The van der Waals surface area contributed by atoms with Gasteiger partial charge in [0.2, 0.25) is 11.9 Å². The smallest absolute Gasteiger partial charge is 0.409 e. The molecule has 12 heteroatoms. The lowest BCUT2D eigenvalue weighted by atomic mass is 10.2. The van der Waals surface area contributed by atoms with E-state index in [0.29, 0.717) is 32.2 Å². The van der Waals surface area contributed by atoms with E-state index in [1.165, 1.54) is 0 Å². The van der Waals surface area contributed by atoms with Crippen molar-refractivity contribution in [1.29, 1.82) is 0 Å². The van der Waals surface area contributed by atoms with Crippen molar-refractivity contribution < 1.29 is 14.3 Å². The number of amides is 2. The molecule has 0 saturated carbocycles. The van der Waals surface area contributed by atoms with Gasteiger partial charge < -0.3 is 29.7 Å². The first-order chi connectivity index (χ1) is 19.0. The summed E-state index contributed by atoms with van der Waals surface area (Å²) in [5.74, 6) is 1.47. The van der Waals surface area contributed by atoms with Crippen LogP contribution in [0.3, 0.4) is 0 Å². The summed E-state index contributed by atoms with van der Waals surface area (Å²) in [6.07, 6.45) is 4.12. The molecule has 2 fully saturated rings. The van der Waals surface area contributed by atoms with Crippen molar-refractivity contribution in [3.05, 3.63) is 48.9 Å². The molecular weight excluding hydrogens is 498 g/mol. The maximum atomic E-state index is 11.9. The first-order valence-corrected chi connectivity index (χ1v) is 13.4. The van der Waals surface area contributed by atoms with Crippen LogP contribution in [0.25, 0.3) is 5.69 Å². The molecule has 0 bridgehead atoms. The maximum absolute atomic E-state index is 11.9. The highest BCUT2D eigenvalue weighted by atomic mass is 16.6. The van der Waals surface area contributed by atoms with Gasteiger partial charge in [0.25, 0.3) is 0 Å². The lowest BCUT2D eigenvalue weighted by Crippen LogP contribution is -2.49. The van der Waals surface area contributed by atoms with Crippen molar-refractivity contribution in [2.24, 2.45) is 0 Å². The fraction of sp³-hybridized carbons (Fsp3) is 0.444. The van der Waals surface area contributed by atoms with Gasteiger partial charge in [-0.25, -0.2) is 14.5 Å². The molecule has 2 amide bonds. The standard InChI is InChI=1S/C27H35N9O3/c1-3-39-27(38)35-17-14-33(15-18-35)23-7-5-22(6-8-23)30-26-29-20-36(31-26)24-9-10-28-25(19-24)34-12-4-11-32(13-16-34)21(2)37/h5-10,19-20H,3-4,11-18H2,1-2H3,(H,30,31). The number of carbonyl (C=O) groups excluding carboxylic acids is 2. The van der Waals surface area contributed by atoms with Crippen LogP contribution in [0, 0.1) is 0 Å². The molecule has 12 nitrogen and oxygen atoms in total. The number of nitrogens with one attached hydrogen (secondary N) is 1. The zero-order valence-electron chi connectivity index (χ0n) is 22.5. The topological polar surface area (TPSA) is 112 Å². The molecule has 2 saturated heterocycles. The molecule has 5 rings (SSSR count). The van der Waals surface area contributed by atoms with Crippen LogP contribution in [0.1, 0.15) is 20.3 Å². The fourth-order valence-electron chi connectivity index (χ4n) is 4.88. The second-order valence-corrected chi connectivity index (χ2v) is 9.58. The molecule has 3 aromatic rings. The predicted octanol–water partition coefficient (Wildman–Crippen LogP) is 2.74. The van der Waals surface area contributed by atoms with Crippen molar-refractivity contribution >= 4 is 35.1 Å². The van der Waals surface area contributed by atoms with Crippen LogP contribution in [0.2, 0.25) is 0 Å². The molecule has 2 aliphatic heterocycles. The average molecular weight is 534 g/mol. The van der Waals surface area contributed by atoms with Crippen LogP contribution in [0.4, 0.5) is 27.9 Å². The maximum Gasteiger partial charge on any atom is 0.409 e. The summed E-state index contributed by atoms with van der Waals surface area (Å²) in [5, 5.41) is 7.87. The normalized spacial score (nSPS) is 16.2. The molecule has 1 N–H and O–H groups in total. The Bertz CT molecular complexity index is 1270. The molecule has 0 radical (unpaired) electrons. The number of nitrogens with zero attached hydrogens (tertiary/aromatic N) is 8. The van der Waals surface area contributed by atoms with E-state index in [4.69, 9.17) is 4.74 Å². The Morgan fingerprint density at radius 1 is 0.872 bits per heavy atom. The number of aromatic nitrogens is 4. The minimum Gasteiger partial charge on any atom is -0.450 e. The van der Waals surface area contributed by atoms with E-state index in [2.05, 4.69) is 42.3 Å². The molecule has 1 aromatic carbocycles. The Balaban J connectivity index is 1.18. The SMILES string of the molecule is CCOC(=O)N1CCN(c2ccc(Nc3ncn(-c4ccnc(N5CCCN(C(C)=O)CC5)c4)n3)cc2)CC1. The van der Waals surface area contributed by atoms with Gasteiger partial charge >= 0.3 is 6.09 Å². The summed E-state index contributed by atoms with van der Waals surface area (Å²) >= 11 is 0. The van der Waals surface area contributed by atoms with Gasteiger partial charge in [-0.05, 0) is 43.7 Å². The van der Waals surface area contributed by atoms with E-state index < -0.39 is 0 Å². The van der Waals surface area contributed by atoms with Crippen molar-refractivity contribution in [3.8, 4) is 5.69 Å². The van der Waals surface area contributed by atoms with E-state index >= 15 is 0 Å². The van der Waals surface area contributed by atoms with Gasteiger partial charge in [0.05, 0.1) is 12.3 Å². The molecule has 0 aliphatic carbocycles. The Labute approximate surface area is 228 Å². The van der Waals surface area contributed by atoms with Crippen LogP contribution in [-0.4, -0.2) is 101 Å². The van der Waals surface area contributed by atoms with Gasteiger partial charge in [0, 0.05) is 82.9 Å². The molecule has 2 aromatic heterocycles. The van der Waals surface area contributed by atoms with Crippen LogP contribution >= 0.6 is 0 Å². The quantitative estimate of drug-likeness (QED) is 0.511. The number of rotatable bonds is 6.